The van der Waals surface area contributed by atoms with Crippen molar-refractivity contribution in [2.45, 2.75) is 30.9 Å². The third kappa shape index (κ3) is 6.78. The lowest BCUT2D eigenvalue weighted by molar-refractivity contribution is -0.121. The first-order chi connectivity index (χ1) is 16.1. The van der Waals surface area contributed by atoms with E-state index in [0.29, 0.717) is 17.8 Å². The minimum atomic E-state index is -0.469. The van der Waals surface area contributed by atoms with Gasteiger partial charge in [-0.3, -0.25) is 19.3 Å². The van der Waals surface area contributed by atoms with E-state index in [-0.39, 0.29) is 24.1 Å². The molecule has 2 fully saturated rings. The first-order valence-electron chi connectivity index (χ1n) is 11.6. The zero-order valence-corrected chi connectivity index (χ0v) is 19.6. The Balaban J connectivity index is 1.17. The van der Waals surface area contributed by atoms with E-state index in [1.807, 2.05) is 0 Å². The molecule has 0 bridgehead atoms. The van der Waals surface area contributed by atoms with Crippen LogP contribution in [0.2, 0.25) is 0 Å². The predicted octanol–water partition coefficient (Wildman–Crippen LogP) is 1.56. The summed E-state index contributed by atoms with van der Waals surface area (Å²) >= 11 is 1.38. The highest BCUT2D eigenvalue weighted by molar-refractivity contribution is 8.15. The molecule has 3 amide bonds. The molecule has 9 nitrogen and oxygen atoms in total. The Bertz CT molecular complexity index is 879. The second kappa shape index (κ2) is 11.6. The molecule has 1 aromatic rings. The largest absolute Gasteiger partial charge is 0.379 e. The van der Waals surface area contributed by atoms with Crippen LogP contribution in [0.5, 0.6) is 0 Å². The van der Waals surface area contributed by atoms with E-state index in [0.717, 1.165) is 70.4 Å². The lowest BCUT2D eigenvalue weighted by Crippen LogP contribution is -2.38. The minimum Gasteiger partial charge on any atom is -0.379 e. The van der Waals surface area contributed by atoms with Crippen LogP contribution in [0, 0.1) is 0 Å². The molecule has 0 aromatic heterocycles. The number of hydrogen-bond donors (Lipinski definition) is 2. The van der Waals surface area contributed by atoms with Crippen LogP contribution in [0.1, 0.15) is 36.0 Å². The molecule has 10 heteroatoms. The normalized spacial score (nSPS) is 21.2. The highest BCUT2D eigenvalue weighted by Gasteiger charge is 2.33. The number of likely N-dealkylation sites (tertiary alicyclic amines) is 1. The van der Waals surface area contributed by atoms with Gasteiger partial charge in [-0.05, 0) is 50.1 Å². The van der Waals surface area contributed by atoms with Gasteiger partial charge in [0.25, 0.3) is 11.8 Å². The topological polar surface area (TPSA) is 103 Å². The maximum absolute atomic E-state index is 12.4. The molecule has 0 radical (unpaired) electrons. The van der Waals surface area contributed by atoms with Crippen LogP contribution in [0.25, 0.3) is 0 Å². The highest BCUT2D eigenvalue weighted by atomic mass is 32.2. The summed E-state index contributed by atoms with van der Waals surface area (Å²) in [5.74, 6) is -0.605. The SMILES string of the molecule is O=C(CC1SC(N2CCCC2)=NC1=O)Nc1ccc(C(=O)NCCCN2CCOCC2)cc1. The fraction of sp³-hybridized carbons (Fsp3) is 0.565. The first-order valence-corrected chi connectivity index (χ1v) is 12.5. The van der Waals surface area contributed by atoms with Gasteiger partial charge in [-0.15, -0.1) is 0 Å². The molecular weight excluding hydrogens is 442 g/mol. The number of amidine groups is 1. The standard InChI is InChI=1S/C23H31N5O4S/c29-20(16-19-22(31)26-23(33-19)28-10-1-2-11-28)25-18-6-4-17(5-7-18)21(30)24-8-3-9-27-12-14-32-15-13-27/h4-7,19H,1-3,8-16H2,(H,24,30)(H,25,29). The van der Waals surface area contributed by atoms with Gasteiger partial charge < -0.3 is 20.3 Å². The van der Waals surface area contributed by atoms with E-state index in [1.165, 1.54) is 11.8 Å². The number of thioether (sulfide) groups is 1. The van der Waals surface area contributed by atoms with E-state index in [9.17, 15) is 14.4 Å². The van der Waals surface area contributed by atoms with Gasteiger partial charge in [-0.2, -0.15) is 4.99 Å². The molecule has 0 saturated carbocycles. The van der Waals surface area contributed by atoms with Crippen molar-refractivity contribution in [2.75, 3.05) is 57.8 Å². The van der Waals surface area contributed by atoms with Crippen molar-refractivity contribution in [1.82, 2.24) is 15.1 Å². The Labute approximate surface area is 198 Å². The van der Waals surface area contributed by atoms with Gasteiger partial charge in [-0.25, -0.2) is 0 Å². The van der Waals surface area contributed by atoms with Crippen LogP contribution in [-0.4, -0.2) is 90.4 Å². The maximum atomic E-state index is 12.4. The number of anilines is 1. The van der Waals surface area contributed by atoms with E-state index in [1.54, 1.807) is 24.3 Å². The number of carbonyl (C=O) groups is 3. The molecule has 3 aliphatic rings. The molecule has 1 unspecified atom stereocenters. The van der Waals surface area contributed by atoms with Crippen LogP contribution < -0.4 is 10.6 Å². The van der Waals surface area contributed by atoms with Crippen LogP contribution in [0.15, 0.2) is 29.3 Å². The molecule has 33 heavy (non-hydrogen) atoms. The second-order valence-electron chi connectivity index (χ2n) is 8.43. The zero-order valence-electron chi connectivity index (χ0n) is 18.8. The van der Waals surface area contributed by atoms with Gasteiger partial charge in [0.2, 0.25) is 5.91 Å². The lowest BCUT2D eigenvalue weighted by atomic mass is 10.2. The summed E-state index contributed by atoms with van der Waals surface area (Å²) in [5, 5.41) is 6.03. The molecule has 0 aliphatic carbocycles. The molecule has 1 aromatic carbocycles. The number of rotatable bonds is 8. The summed E-state index contributed by atoms with van der Waals surface area (Å²) < 4.78 is 5.34. The number of aliphatic imine (C=N–C) groups is 1. The van der Waals surface area contributed by atoms with Gasteiger partial charge >= 0.3 is 0 Å². The average Bonchev–Trinajstić information content (AvgIpc) is 3.48. The number of morpholine rings is 1. The lowest BCUT2D eigenvalue weighted by Gasteiger charge is -2.26. The Morgan fingerprint density at radius 3 is 2.55 bits per heavy atom. The van der Waals surface area contributed by atoms with Gasteiger partial charge in [0, 0.05) is 50.4 Å². The Morgan fingerprint density at radius 1 is 1.09 bits per heavy atom. The number of nitrogens with one attached hydrogen (secondary N) is 2. The van der Waals surface area contributed by atoms with Crippen LogP contribution >= 0.6 is 11.8 Å². The Morgan fingerprint density at radius 2 is 1.82 bits per heavy atom. The number of nitrogens with zero attached hydrogens (tertiary/aromatic N) is 3. The van der Waals surface area contributed by atoms with Crippen LogP contribution in [-0.2, 0) is 14.3 Å². The smallest absolute Gasteiger partial charge is 0.262 e. The average molecular weight is 474 g/mol. The molecule has 178 valence electrons. The van der Waals surface area contributed by atoms with Crippen molar-refractivity contribution < 1.29 is 19.1 Å². The third-order valence-corrected chi connectivity index (χ3v) is 7.16. The fourth-order valence-corrected chi connectivity index (χ4v) is 5.19. The molecule has 1 atom stereocenters. The molecular formula is C23H31N5O4S. The van der Waals surface area contributed by atoms with Crippen molar-refractivity contribution >= 4 is 40.3 Å². The number of hydrogen-bond acceptors (Lipinski definition) is 7. The molecule has 2 N–H and O–H groups in total. The molecule has 3 aliphatic heterocycles. The van der Waals surface area contributed by atoms with Crippen LogP contribution in [0.3, 0.4) is 0 Å². The van der Waals surface area contributed by atoms with E-state index in [2.05, 4.69) is 25.4 Å². The molecule has 2 saturated heterocycles. The maximum Gasteiger partial charge on any atom is 0.262 e. The Hall–Kier alpha value is -2.43. The Kier molecular flexibility index (Phi) is 8.35. The van der Waals surface area contributed by atoms with Gasteiger partial charge in [0.15, 0.2) is 5.17 Å². The van der Waals surface area contributed by atoms with Crippen molar-refractivity contribution in [2.24, 2.45) is 4.99 Å². The summed E-state index contributed by atoms with van der Waals surface area (Å²) in [6.45, 7) is 6.85. The van der Waals surface area contributed by atoms with Crippen molar-refractivity contribution in [3.05, 3.63) is 29.8 Å². The third-order valence-electron chi connectivity index (χ3n) is 5.95. The quantitative estimate of drug-likeness (QED) is 0.553. The summed E-state index contributed by atoms with van der Waals surface area (Å²) in [6, 6.07) is 6.79. The van der Waals surface area contributed by atoms with E-state index in [4.69, 9.17) is 4.74 Å². The zero-order chi connectivity index (χ0) is 23.0. The summed E-state index contributed by atoms with van der Waals surface area (Å²) in [6.07, 6.45) is 3.19. The van der Waals surface area contributed by atoms with Gasteiger partial charge in [0.05, 0.1) is 13.2 Å². The number of benzene rings is 1. The van der Waals surface area contributed by atoms with Crippen molar-refractivity contribution in [3.63, 3.8) is 0 Å². The minimum absolute atomic E-state index is 0.0791. The van der Waals surface area contributed by atoms with Gasteiger partial charge in [-0.1, -0.05) is 11.8 Å². The number of carbonyl (C=O) groups excluding carboxylic acids is 3. The summed E-state index contributed by atoms with van der Waals surface area (Å²) in [5.41, 5.74) is 1.14. The van der Waals surface area contributed by atoms with Crippen molar-refractivity contribution in [1.29, 1.82) is 0 Å². The number of amides is 3. The summed E-state index contributed by atoms with van der Waals surface area (Å²) in [7, 11) is 0. The van der Waals surface area contributed by atoms with Crippen molar-refractivity contribution in [3.8, 4) is 0 Å². The van der Waals surface area contributed by atoms with E-state index >= 15 is 0 Å². The second-order valence-corrected chi connectivity index (χ2v) is 9.60. The fourth-order valence-electron chi connectivity index (χ4n) is 4.07. The highest BCUT2D eigenvalue weighted by Crippen LogP contribution is 2.29. The molecule has 3 heterocycles. The number of ether oxygens (including phenoxy) is 1. The molecule has 4 rings (SSSR count). The monoisotopic (exact) mass is 473 g/mol. The first kappa shape index (κ1) is 23.7. The van der Waals surface area contributed by atoms with Gasteiger partial charge in [0.1, 0.15) is 5.25 Å². The molecule has 0 spiro atoms. The van der Waals surface area contributed by atoms with E-state index < -0.39 is 5.25 Å². The van der Waals surface area contributed by atoms with Crippen LogP contribution in [0.4, 0.5) is 5.69 Å². The summed E-state index contributed by atoms with van der Waals surface area (Å²) in [4.78, 5) is 45.5. The predicted molar refractivity (Wildman–Crippen MR) is 129 cm³/mol.